The van der Waals surface area contributed by atoms with E-state index in [0.29, 0.717) is 19.0 Å². The number of rotatable bonds is 4. The number of nitrogens with zero attached hydrogens (tertiary/aromatic N) is 1. The number of likely N-dealkylation sites (N-methyl/N-ethyl adjacent to an activating group) is 1. The molecule has 2 aliphatic rings. The maximum absolute atomic E-state index is 12.4. The van der Waals surface area contributed by atoms with E-state index in [1.165, 1.54) is 0 Å². The number of carbonyl (C=O) groups is 1. The van der Waals surface area contributed by atoms with Gasteiger partial charge in [0, 0.05) is 23.8 Å². The van der Waals surface area contributed by atoms with Crippen LogP contribution in [0, 0.1) is 0 Å². The first-order valence-corrected chi connectivity index (χ1v) is 8.61. The highest BCUT2D eigenvalue weighted by molar-refractivity contribution is 5.97. The molecule has 1 fully saturated rings. The van der Waals surface area contributed by atoms with Crippen LogP contribution in [0.2, 0.25) is 0 Å². The molecule has 1 amide bonds. The molecule has 1 atom stereocenters. The van der Waals surface area contributed by atoms with Gasteiger partial charge >= 0.3 is 0 Å². The molecule has 3 rings (SSSR count). The fourth-order valence-corrected chi connectivity index (χ4v) is 3.81. The highest BCUT2D eigenvalue weighted by atomic mass is 35.5. The van der Waals surface area contributed by atoms with Crippen LogP contribution in [0.5, 0.6) is 5.75 Å². The van der Waals surface area contributed by atoms with Crippen LogP contribution in [0.25, 0.3) is 0 Å². The van der Waals surface area contributed by atoms with Gasteiger partial charge in [0.05, 0.1) is 0 Å². The number of hydrogen-bond acceptors (Lipinski definition) is 4. The maximum Gasteiger partial charge on any atom is 0.264 e. The number of likely N-dealkylation sites (tertiary alicyclic amines) is 1. The van der Waals surface area contributed by atoms with Crippen LogP contribution >= 0.6 is 12.4 Å². The van der Waals surface area contributed by atoms with Gasteiger partial charge in [-0.05, 0) is 51.6 Å². The van der Waals surface area contributed by atoms with Crippen molar-refractivity contribution in [3.63, 3.8) is 0 Å². The second-order valence-corrected chi connectivity index (χ2v) is 6.48. The summed E-state index contributed by atoms with van der Waals surface area (Å²) in [5.74, 6) is -0.597. The molecule has 1 aliphatic carbocycles. The van der Waals surface area contributed by atoms with E-state index in [0.717, 1.165) is 56.5 Å². The summed E-state index contributed by atoms with van der Waals surface area (Å²) in [7, 11) is 0. The minimum absolute atomic E-state index is 0. The summed E-state index contributed by atoms with van der Waals surface area (Å²) in [6, 6.07) is 0.322. The van der Waals surface area contributed by atoms with Gasteiger partial charge in [0.25, 0.3) is 11.5 Å². The molecule has 7 heteroatoms. The third kappa shape index (κ3) is 3.59. The van der Waals surface area contributed by atoms with Gasteiger partial charge in [0.1, 0.15) is 11.3 Å². The zero-order valence-electron chi connectivity index (χ0n) is 14.1. The van der Waals surface area contributed by atoms with Gasteiger partial charge in [-0.15, -0.1) is 12.4 Å². The van der Waals surface area contributed by atoms with E-state index in [1.807, 2.05) is 0 Å². The lowest BCUT2D eigenvalue weighted by Crippen LogP contribution is -2.41. The van der Waals surface area contributed by atoms with Crippen molar-refractivity contribution in [1.29, 1.82) is 0 Å². The second kappa shape index (κ2) is 8.03. The minimum Gasteiger partial charge on any atom is -0.507 e. The average molecular weight is 356 g/mol. The molecule has 1 saturated heterocycles. The predicted octanol–water partition coefficient (Wildman–Crippen LogP) is 1.60. The summed E-state index contributed by atoms with van der Waals surface area (Å²) in [6.07, 6.45) is 5.64. The molecule has 1 aliphatic heterocycles. The molecule has 24 heavy (non-hydrogen) atoms. The number of hydrogen-bond donors (Lipinski definition) is 3. The van der Waals surface area contributed by atoms with Crippen LogP contribution in [0.1, 0.15) is 54.2 Å². The largest absolute Gasteiger partial charge is 0.507 e. The van der Waals surface area contributed by atoms with E-state index in [9.17, 15) is 14.7 Å². The molecule has 0 spiro atoms. The fourth-order valence-electron chi connectivity index (χ4n) is 3.81. The number of H-pyrrole nitrogens is 1. The average Bonchev–Trinajstić information content (AvgIpc) is 3.00. The quantitative estimate of drug-likeness (QED) is 0.765. The van der Waals surface area contributed by atoms with Crippen LogP contribution in [0.4, 0.5) is 0 Å². The standard InChI is InChI=1S/C17H25N3O3.ClH/c1-2-20-9-5-6-11(20)10-18-16(22)14-15(21)12-7-3-4-8-13(12)19-17(14)23;/h11H,2-10H2,1H3,(H,18,22)(H2,19,21,23);1H. The Labute approximate surface area is 148 Å². The number of aromatic amines is 1. The van der Waals surface area contributed by atoms with Gasteiger partial charge in [-0.2, -0.15) is 0 Å². The first-order chi connectivity index (χ1) is 11.1. The number of aryl methyl sites for hydroxylation is 1. The molecular weight excluding hydrogens is 330 g/mol. The summed E-state index contributed by atoms with van der Waals surface area (Å²) in [4.78, 5) is 29.7. The summed E-state index contributed by atoms with van der Waals surface area (Å²) in [6.45, 7) is 4.65. The van der Waals surface area contributed by atoms with Gasteiger partial charge in [0.2, 0.25) is 0 Å². The lowest BCUT2D eigenvalue weighted by Gasteiger charge is -2.23. The Morgan fingerprint density at radius 3 is 2.83 bits per heavy atom. The summed E-state index contributed by atoms with van der Waals surface area (Å²) in [5.41, 5.74) is 0.895. The van der Waals surface area contributed by atoms with Crippen LogP contribution in [0.15, 0.2) is 4.79 Å². The third-order valence-corrected chi connectivity index (χ3v) is 5.11. The van der Waals surface area contributed by atoms with Gasteiger partial charge in [-0.1, -0.05) is 6.92 Å². The van der Waals surface area contributed by atoms with Crippen molar-refractivity contribution in [2.24, 2.45) is 0 Å². The number of amides is 1. The van der Waals surface area contributed by atoms with Crippen LogP contribution < -0.4 is 10.9 Å². The monoisotopic (exact) mass is 355 g/mol. The molecule has 0 bridgehead atoms. The zero-order valence-corrected chi connectivity index (χ0v) is 14.9. The molecular formula is C17H26ClN3O3. The topological polar surface area (TPSA) is 85.4 Å². The highest BCUT2D eigenvalue weighted by Gasteiger charge is 2.26. The van der Waals surface area contributed by atoms with Crippen molar-refractivity contribution in [1.82, 2.24) is 15.2 Å². The van der Waals surface area contributed by atoms with E-state index in [-0.39, 0.29) is 23.7 Å². The van der Waals surface area contributed by atoms with Crippen molar-refractivity contribution in [2.45, 2.75) is 51.5 Å². The first kappa shape index (κ1) is 18.8. The first-order valence-electron chi connectivity index (χ1n) is 8.61. The Morgan fingerprint density at radius 1 is 1.33 bits per heavy atom. The van der Waals surface area contributed by atoms with E-state index < -0.39 is 11.5 Å². The van der Waals surface area contributed by atoms with Crippen molar-refractivity contribution in [2.75, 3.05) is 19.6 Å². The fraction of sp³-hybridized carbons (Fsp3) is 0.647. The van der Waals surface area contributed by atoms with E-state index in [4.69, 9.17) is 0 Å². The summed E-state index contributed by atoms with van der Waals surface area (Å²) in [5, 5.41) is 13.2. The van der Waals surface area contributed by atoms with E-state index in [2.05, 4.69) is 22.1 Å². The SMILES string of the molecule is CCN1CCCC1CNC(=O)c1c(O)c2c([nH]c1=O)CCCC2.Cl. The maximum atomic E-state index is 12.4. The zero-order chi connectivity index (χ0) is 16.4. The molecule has 1 unspecified atom stereocenters. The Morgan fingerprint density at radius 2 is 2.08 bits per heavy atom. The Hall–Kier alpha value is -1.53. The molecule has 0 radical (unpaired) electrons. The third-order valence-electron chi connectivity index (χ3n) is 5.11. The molecule has 134 valence electrons. The predicted molar refractivity (Wildman–Crippen MR) is 95.2 cm³/mol. The summed E-state index contributed by atoms with van der Waals surface area (Å²) < 4.78 is 0. The van der Waals surface area contributed by atoms with E-state index in [1.54, 1.807) is 0 Å². The number of halogens is 1. The second-order valence-electron chi connectivity index (χ2n) is 6.48. The number of pyridine rings is 1. The molecule has 2 heterocycles. The van der Waals surface area contributed by atoms with Crippen molar-refractivity contribution < 1.29 is 9.90 Å². The summed E-state index contributed by atoms with van der Waals surface area (Å²) >= 11 is 0. The van der Waals surface area contributed by atoms with Gasteiger partial charge in [-0.25, -0.2) is 0 Å². The van der Waals surface area contributed by atoms with Gasteiger partial charge in [0.15, 0.2) is 0 Å². The van der Waals surface area contributed by atoms with Crippen LogP contribution in [0.3, 0.4) is 0 Å². The van der Waals surface area contributed by atoms with Crippen LogP contribution in [-0.2, 0) is 12.8 Å². The van der Waals surface area contributed by atoms with Gasteiger partial charge in [-0.3, -0.25) is 14.5 Å². The Bertz CT molecular complexity index is 659. The van der Waals surface area contributed by atoms with E-state index >= 15 is 0 Å². The smallest absolute Gasteiger partial charge is 0.264 e. The number of nitrogens with one attached hydrogen (secondary N) is 2. The molecule has 3 N–H and O–H groups in total. The molecule has 0 aromatic carbocycles. The molecule has 6 nitrogen and oxygen atoms in total. The number of fused-ring (bicyclic) bond motifs is 1. The Kier molecular flexibility index (Phi) is 6.29. The molecule has 0 saturated carbocycles. The highest BCUT2D eigenvalue weighted by Crippen LogP contribution is 2.28. The van der Waals surface area contributed by atoms with Gasteiger partial charge < -0.3 is 15.4 Å². The Balaban J connectivity index is 0.00000208. The van der Waals surface area contributed by atoms with Crippen molar-refractivity contribution in [3.05, 3.63) is 27.2 Å². The van der Waals surface area contributed by atoms with Crippen LogP contribution in [-0.4, -0.2) is 46.6 Å². The minimum atomic E-state index is -0.487. The van der Waals surface area contributed by atoms with Crippen molar-refractivity contribution >= 4 is 18.3 Å². The lowest BCUT2D eigenvalue weighted by atomic mass is 9.93. The lowest BCUT2D eigenvalue weighted by molar-refractivity contribution is 0.0936. The number of aromatic hydroxyl groups is 1. The normalized spacial score (nSPS) is 20.3. The molecule has 1 aromatic heterocycles. The number of aromatic nitrogens is 1. The van der Waals surface area contributed by atoms with Crippen molar-refractivity contribution in [3.8, 4) is 5.75 Å². The number of carbonyl (C=O) groups excluding carboxylic acids is 1. The molecule has 1 aromatic rings.